The summed E-state index contributed by atoms with van der Waals surface area (Å²) in [5, 5.41) is 21.8. The van der Waals surface area contributed by atoms with E-state index in [-0.39, 0.29) is 29.9 Å². The van der Waals surface area contributed by atoms with E-state index in [1.165, 1.54) is 0 Å². The van der Waals surface area contributed by atoms with Crippen LogP contribution in [-0.2, 0) is 0 Å². The van der Waals surface area contributed by atoms with Crippen molar-refractivity contribution in [2.75, 3.05) is 6.61 Å². The SMILES string of the molecule is Cc1cccc(C(=O)NC(CO)CC(C)C)c1O. The summed E-state index contributed by atoms with van der Waals surface area (Å²) in [7, 11) is 0. The molecule has 3 N–H and O–H groups in total. The van der Waals surface area contributed by atoms with Gasteiger partial charge in [0, 0.05) is 0 Å². The van der Waals surface area contributed by atoms with Gasteiger partial charge in [0.15, 0.2) is 0 Å². The van der Waals surface area contributed by atoms with Crippen molar-refractivity contribution in [3.8, 4) is 5.75 Å². The quantitative estimate of drug-likeness (QED) is 0.748. The summed E-state index contributed by atoms with van der Waals surface area (Å²) >= 11 is 0. The molecular formula is C14H21NO3. The van der Waals surface area contributed by atoms with Gasteiger partial charge in [0.25, 0.3) is 5.91 Å². The van der Waals surface area contributed by atoms with E-state index in [0.717, 1.165) is 0 Å². The van der Waals surface area contributed by atoms with Crippen LogP contribution in [0, 0.1) is 12.8 Å². The van der Waals surface area contributed by atoms with Gasteiger partial charge in [0.1, 0.15) is 5.75 Å². The van der Waals surface area contributed by atoms with Gasteiger partial charge in [0.05, 0.1) is 18.2 Å². The minimum absolute atomic E-state index is 0.00348. The Hall–Kier alpha value is -1.55. The van der Waals surface area contributed by atoms with E-state index < -0.39 is 0 Å². The van der Waals surface area contributed by atoms with E-state index in [1.54, 1.807) is 25.1 Å². The third-order valence-corrected chi connectivity index (χ3v) is 2.79. The first-order chi connectivity index (χ1) is 8.45. The monoisotopic (exact) mass is 251 g/mol. The predicted octanol–water partition coefficient (Wildman–Crippen LogP) is 1.84. The number of carbonyl (C=O) groups is 1. The minimum Gasteiger partial charge on any atom is -0.507 e. The zero-order valence-electron chi connectivity index (χ0n) is 11.1. The molecule has 1 rings (SSSR count). The lowest BCUT2D eigenvalue weighted by Gasteiger charge is -2.18. The van der Waals surface area contributed by atoms with Gasteiger partial charge in [-0.2, -0.15) is 0 Å². The maximum Gasteiger partial charge on any atom is 0.255 e. The van der Waals surface area contributed by atoms with Crippen molar-refractivity contribution in [3.63, 3.8) is 0 Å². The van der Waals surface area contributed by atoms with Crippen molar-refractivity contribution in [2.45, 2.75) is 33.2 Å². The number of hydrogen-bond acceptors (Lipinski definition) is 3. The number of aromatic hydroxyl groups is 1. The first kappa shape index (κ1) is 14.5. The van der Waals surface area contributed by atoms with E-state index in [4.69, 9.17) is 0 Å². The fourth-order valence-electron chi connectivity index (χ4n) is 1.85. The molecule has 0 saturated carbocycles. The number of aliphatic hydroxyl groups is 1. The highest BCUT2D eigenvalue weighted by atomic mass is 16.3. The molecule has 1 aromatic carbocycles. The molecule has 0 heterocycles. The van der Waals surface area contributed by atoms with Crippen LogP contribution in [0.2, 0.25) is 0 Å². The number of aryl methyl sites for hydroxylation is 1. The molecule has 0 saturated heterocycles. The van der Waals surface area contributed by atoms with Gasteiger partial charge in [-0.1, -0.05) is 26.0 Å². The molecule has 0 fully saturated rings. The maximum atomic E-state index is 12.0. The number of phenolic OH excluding ortho intramolecular Hbond substituents is 1. The smallest absolute Gasteiger partial charge is 0.255 e. The zero-order valence-corrected chi connectivity index (χ0v) is 11.1. The third-order valence-electron chi connectivity index (χ3n) is 2.79. The van der Waals surface area contributed by atoms with Crippen LogP contribution in [-0.4, -0.2) is 28.8 Å². The van der Waals surface area contributed by atoms with Crippen LogP contribution < -0.4 is 5.32 Å². The largest absolute Gasteiger partial charge is 0.507 e. The highest BCUT2D eigenvalue weighted by Gasteiger charge is 2.17. The Morgan fingerprint density at radius 2 is 2.06 bits per heavy atom. The number of benzene rings is 1. The lowest BCUT2D eigenvalue weighted by Crippen LogP contribution is -2.38. The molecule has 0 aliphatic rings. The van der Waals surface area contributed by atoms with Crippen LogP contribution in [0.5, 0.6) is 5.75 Å². The van der Waals surface area contributed by atoms with Gasteiger partial charge in [-0.25, -0.2) is 0 Å². The highest BCUT2D eigenvalue weighted by molar-refractivity contribution is 5.97. The zero-order chi connectivity index (χ0) is 13.7. The summed E-state index contributed by atoms with van der Waals surface area (Å²) in [5.74, 6) is 0.0284. The minimum atomic E-state index is -0.351. The molecule has 1 atom stereocenters. The van der Waals surface area contributed by atoms with Crippen LogP contribution in [0.15, 0.2) is 18.2 Å². The first-order valence-corrected chi connectivity index (χ1v) is 6.16. The summed E-state index contributed by atoms with van der Waals surface area (Å²) in [4.78, 5) is 12.0. The highest BCUT2D eigenvalue weighted by Crippen LogP contribution is 2.21. The van der Waals surface area contributed by atoms with Crippen LogP contribution in [0.4, 0.5) is 0 Å². The van der Waals surface area contributed by atoms with Gasteiger partial charge in [-0.3, -0.25) is 4.79 Å². The van der Waals surface area contributed by atoms with E-state index >= 15 is 0 Å². The van der Waals surface area contributed by atoms with Gasteiger partial charge in [-0.05, 0) is 30.9 Å². The predicted molar refractivity (Wildman–Crippen MR) is 70.6 cm³/mol. The Balaban J connectivity index is 2.78. The number of nitrogens with one attached hydrogen (secondary N) is 1. The summed E-state index contributed by atoms with van der Waals surface area (Å²) in [6.07, 6.45) is 0.703. The van der Waals surface area contributed by atoms with E-state index in [9.17, 15) is 15.0 Å². The summed E-state index contributed by atoms with van der Waals surface area (Å²) in [6, 6.07) is 4.75. The molecular weight excluding hydrogens is 230 g/mol. The summed E-state index contributed by atoms with van der Waals surface area (Å²) in [5.41, 5.74) is 0.907. The number of hydrogen-bond donors (Lipinski definition) is 3. The van der Waals surface area contributed by atoms with Crippen molar-refractivity contribution in [2.24, 2.45) is 5.92 Å². The van der Waals surface area contributed by atoms with Crippen LogP contribution in [0.25, 0.3) is 0 Å². The molecule has 4 nitrogen and oxygen atoms in total. The third kappa shape index (κ3) is 3.74. The van der Waals surface area contributed by atoms with Crippen LogP contribution >= 0.6 is 0 Å². The molecule has 0 bridgehead atoms. The van der Waals surface area contributed by atoms with Crippen molar-refractivity contribution < 1.29 is 15.0 Å². The molecule has 0 spiro atoms. The van der Waals surface area contributed by atoms with Gasteiger partial charge in [0.2, 0.25) is 0 Å². The Morgan fingerprint density at radius 1 is 1.39 bits per heavy atom. The van der Waals surface area contributed by atoms with Crippen LogP contribution in [0.3, 0.4) is 0 Å². The molecule has 0 aromatic heterocycles. The Kier molecular flexibility index (Phi) is 5.16. The average Bonchev–Trinajstić information content (AvgIpc) is 2.31. The standard InChI is InChI=1S/C14H21NO3/c1-9(2)7-11(8-16)15-14(18)12-6-4-5-10(3)13(12)17/h4-6,9,11,16-17H,7-8H2,1-3H3,(H,15,18). The number of aliphatic hydroxyl groups excluding tert-OH is 1. The number of para-hydroxylation sites is 1. The topological polar surface area (TPSA) is 69.6 Å². The molecule has 100 valence electrons. The molecule has 1 amide bonds. The lowest BCUT2D eigenvalue weighted by atomic mass is 10.0. The van der Waals surface area contributed by atoms with Crippen LogP contribution in [0.1, 0.15) is 36.2 Å². The second-order valence-corrected chi connectivity index (χ2v) is 4.95. The number of rotatable bonds is 5. The Bertz CT molecular complexity index is 416. The van der Waals surface area contributed by atoms with Crippen molar-refractivity contribution in [3.05, 3.63) is 29.3 Å². The lowest BCUT2D eigenvalue weighted by molar-refractivity contribution is 0.0905. The Labute approximate surface area is 108 Å². The second kappa shape index (κ2) is 6.40. The number of carbonyl (C=O) groups excluding carboxylic acids is 1. The maximum absolute atomic E-state index is 12.0. The average molecular weight is 251 g/mol. The molecule has 0 aliphatic carbocycles. The molecule has 0 aliphatic heterocycles. The van der Waals surface area contributed by atoms with Crippen molar-refractivity contribution >= 4 is 5.91 Å². The normalized spacial score (nSPS) is 12.5. The fraction of sp³-hybridized carbons (Fsp3) is 0.500. The second-order valence-electron chi connectivity index (χ2n) is 4.95. The summed E-state index contributed by atoms with van der Waals surface area (Å²) < 4.78 is 0. The molecule has 1 aromatic rings. The van der Waals surface area contributed by atoms with E-state index in [1.807, 2.05) is 13.8 Å². The van der Waals surface area contributed by atoms with E-state index in [0.29, 0.717) is 17.9 Å². The van der Waals surface area contributed by atoms with Gasteiger partial charge in [-0.15, -0.1) is 0 Å². The van der Waals surface area contributed by atoms with Gasteiger partial charge < -0.3 is 15.5 Å². The van der Waals surface area contributed by atoms with Crippen molar-refractivity contribution in [1.29, 1.82) is 0 Å². The molecule has 4 heteroatoms. The number of amides is 1. The summed E-state index contributed by atoms with van der Waals surface area (Å²) in [6.45, 7) is 5.69. The fourth-order valence-corrected chi connectivity index (χ4v) is 1.85. The first-order valence-electron chi connectivity index (χ1n) is 6.16. The van der Waals surface area contributed by atoms with Gasteiger partial charge >= 0.3 is 0 Å². The molecule has 0 radical (unpaired) electrons. The van der Waals surface area contributed by atoms with Crippen molar-refractivity contribution in [1.82, 2.24) is 5.32 Å². The van der Waals surface area contributed by atoms with E-state index in [2.05, 4.69) is 5.32 Å². The Morgan fingerprint density at radius 3 is 2.61 bits per heavy atom. The molecule has 1 unspecified atom stereocenters. The number of phenols is 1. The molecule has 18 heavy (non-hydrogen) atoms.